The van der Waals surface area contributed by atoms with E-state index in [2.05, 4.69) is 77.7 Å². The van der Waals surface area contributed by atoms with Crippen molar-refractivity contribution in [2.75, 3.05) is 4.90 Å². The van der Waals surface area contributed by atoms with E-state index < -0.39 is 0 Å². The molecule has 0 spiro atoms. The van der Waals surface area contributed by atoms with Crippen LogP contribution in [0.4, 0.5) is 17.1 Å². The van der Waals surface area contributed by atoms with Crippen molar-refractivity contribution in [1.29, 1.82) is 0 Å². The highest BCUT2D eigenvalue weighted by molar-refractivity contribution is 6.12. The van der Waals surface area contributed by atoms with Gasteiger partial charge in [-0.3, -0.25) is 0 Å². The maximum Gasteiger partial charge on any atom is 0.227 e. The molecule has 0 unspecified atom stereocenters. The summed E-state index contributed by atoms with van der Waals surface area (Å²) in [5, 5.41) is 4.32. The lowest BCUT2D eigenvalue weighted by Gasteiger charge is -2.26. The molecule has 4 heteroatoms. The molecule has 6 aromatic carbocycles. The second-order valence-electron chi connectivity index (χ2n) is 9.62. The van der Waals surface area contributed by atoms with Crippen molar-refractivity contribution in [3.05, 3.63) is 133 Å². The minimum absolute atomic E-state index is 0.614. The van der Waals surface area contributed by atoms with Crippen LogP contribution in [0.25, 0.3) is 55.3 Å². The number of para-hydroxylation sites is 2. The van der Waals surface area contributed by atoms with Gasteiger partial charge in [-0.15, -0.1) is 0 Å². The maximum atomic E-state index is 6.36. The Morgan fingerprint density at radius 1 is 0.487 bits per heavy atom. The molecule has 8 aromatic rings. The third-order valence-electron chi connectivity index (χ3n) is 7.27. The molecule has 2 aromatic heterocycles. The van der Waals surface area contributed by atoms with Gasteiger partial charge in [-0.05, 0) is 48.5 Å². The molecule has 0 saturated carbocycles. The fourth-order valence-electron chi connectivity index (χ4n) is 5.48. The van der Waals surface area contributed by atoms with Gasteiger partial charge in [0.25, 0.3) is 0 Å². The van der Waals surface area contributed by atoms with E-state index in [4.69, 9.17) is 13.8 Å². The van der Waals surface area contributed by atoms with E-state index in [-0.39, 0.29) is 0 Å². The summed E-state index contributed by atoms with van der Waals surface area (Å²) in [6.07, 6.45) is 0. The average Bonchev–Trinajstić information content (AvgIpc) is 3.60. The van der Waals surface area contributed by atoms with E-state index in [1.54, 1.807) is 0 Å². The number of furan rings is 1. The number of oxazole rings is 1. The molecule has 0 radical (unpaired) electrons. The number of nitrogens with zero attached hydrogens (tertiary/aromatic N) is 2. The summed E-state index contributed by atoms with van der Waals surface area (Å²) in [5.41, 5.74) is 7.37. The fraction of sp³-hybridized carbons (Fsp3) is 0. The second kappa shape index (κ2) is 8.61. The first-order chi connectivity index (χ1) is 19.3. The predicted molar refractivity (Wildman–Crippen MR) is 159 cm³/mol. The second-order valence-corrected chi connectivity index (χ2v) is 9.62. The van der Waals surface area contributed by atoms with Gasteiger partial charge >= 0.3 is 0 Å². The Morgan fingerprint density at radius 2 is 1.15 bits per heavy atom. The topological polar surface area (TPSA) is 42.4 Å². The van der Waals surface area contributed by atoms with Gasteiger partial charge in [-0.25, -0.2) is 4.98 Å². The van der Waals surface area contributed by atoms with Crippen LogP contribution < -0.4 is 4.90 Å². The van der Waals surface area contributed by atoms with Crippen LogP contribution in [0.2, 0.25) is 0 Å². The molecular weight excluding hydrogens is 480 g/mol. The smallest absolute Gasteiger partial charge is 0.227 e. The number of hydrogen-bond donors (Lipinski definition) is 0. The van der Waals surface area contributed by atoms with Crippen LogP contribution in [0.5, 0.6) is 0 Å². The minimum atomic E-state index is 0.614. The molecule has 0 atom stereocenters. The van der Waals surface area contributed by atoms with Gasteiger partial charge in [0, 0.05) is 44.5 Å². The lowest BCUT2D eigenvalue weighted by atomic mass is 10.0. The summed E-state index contributed by atoms with van der Waals surface area (Å²) in [5.74, 6) is 0.614. The SMILES string of the molecule is c1ccc(-c2nc3cc(N(c4ccccc4)c4ccc5c(c4)oc4ccccc45)c4ccccc4c3o2)cc1. The number of aromatic nitrogens is 1. The van der Waals surface area contributed by atoms with Crippen molar-refractivity contribution in [3.63, 3.8) is 0 Å². The third kappa shape index (κ3) is 3.50. The minimum Gasteiger partial charge on any atom is -0.456 e. The third-order valence-corrected chi connectivity index (χ3v) is 7.27. The van der Waals surface area contributed by atoms with Crippen LogP contribution in [0.1, 0.15) is 0 Å². The molecule has 8 rings (SSSR count). The molecule has 0 amide bonds. The summed E-state index contributed by atoms with van der Waals surface area (Å²) in [7, 11) is 0. The monoisotopic (exact) mass is 502 g/mol. The van der Waals surface area contributed by atoms with Crippen LogP contribution >= 0.6 is 0 Å². The molecular formula is C35H22N2O2. The van der Waals surface area contributed by atoms with Crippen molar-refractivity contribution >= 4 is 60.9 Å². The number of fused-ring (bicyclic) bond motifs is 6. The highest BCUT2D eigenvalue weighted by Crippen LogP contribution is 2.43. The lowest BCUT2D eigenvalue weighted by Crippen LogP contribution is -2.10. The van der Waals surface area contributed by atoms with Crippen molar-refractivity contribution in [2.24, 2.45) is 0 Å². The molecule has 0 aliphatic carbocycles. The Hall–Kier alpha value is -5.35. The van der Waals surface area contributed by atoms with E-state index in [0.717, 1.165) is 66.4 Å². The number of rotatable bonds is 4. The zero-order chi connectivity index (χ0) is 25.8. The van der Waals surface area contributed by atoms with Crippen molar-refractivity contribution in [3.8, 4) is 11.5 Å². The molecule has 0 fully saturated rings. The van der Waals surface area contributed by atoms with Crippen LogP contribution in [-0.2, 0) is 0 Å². The molecule has 4 nitrogen and oxygen atoms in total. The van der Waals surface area contributed by atoms with E-state index >= 15 is 0 Å². The van der Waals surface area contributed by atoms with Gasteiger partial charge < -0.3 is 13.7 Å². The summed E-state index contributed by atoms with van der Waals surface area (Å²) >= 11 is 0. The van der Waals surface area contributed by atoms with Gasteiger partial charge in [-0.2, -0.15) is 0 Å². The van der Waals surface area contributed by atoms with Crippen molar-refractivity contribution < 1.29 is 8.83 Å². The molecule has 0 bridgehead atoms. The summed E-state index contributed by atoms with van der Waals surface area (Å²) in [6.45, 7) is 0. The van der Waals surface area contributed by atoms with Gasteiger partial charge in [0.2, 0.25) is 5.89 Å². The first-order valence-electron chi connectivity index (χ1n) is 13.0. The molecule has 0 saturated heterocycles. The Morgan fingerprint density at radius 3 is 1.97 bits per heavy atom. The van der Waals surface area contributed by atoms with Crippen LogP contribution in [0, 0.1) is 0 Å². The van der Waals surface area contributed by atoms with Gasteiger partial charge in [0.15, 0.2) is 5.58 Å². The van der Waals surface area contributed by atoms with Crippen LogP contribution in [0.15, 0.2) is 142 Å². The van der Waals surface area contributed by atoms with E-state index in [0.29, 0.717) is 5.89 Å². The fourth-order valence-corrected chi connectivity index (χ4v) is 5.48. The normalized spacial score (nSPS) is 11.6. The average molecular weight is 503 g/mol. The molecule has 0 N–H and O–H groups in total. The lowest BCUT2D eigenvalue weighted by molar-refractivity contribution is 0.623. The van der Waals surface area contributed by atoms with Crippen molar-refractivity contribution in [2.45, 2.75) is 0 Å². The Kier molecular flexibility index (Phi) is 4.79. The van der Waals surface area contributed by atoms with E-state index in [9.17, 15) is 0 Å². The highest BCUT2D eigenvalue weighted by atomic mass is 16.3. The Labute approximate surface area is 224 Å². The zero-order valence-corrected chi connectivity index (χ0v) is 20.9. The molecule has 184 valence electrons. The molecule has 2 heterocycles. The maximum absolute atomic E-state index is 6.36. The van der Waals surface area contributed by atoms with Gasteiger partial charge in [-0.1, -0.05) is 78.9 Å². The molecule has 0 aliphatic heterocycles. The van der Waals surface area contributed by atoms with Crippen LogP contribution in [0.3, 0.4) is 0 Å². The molecule has 0 aliphatic rings. The van der Waals surface area contributed by atoms with E-state index in [1.165, 1.54) is 0 Å². The summed E-state index contributed by atoms with van der Waals surface area (Å²) < 4.78 is 12.6. The zero-order valence-electron chi connectivity index (χ0n) is 20.9. The van der Waals surface area contributed by atoms with E-state index in [1.807, 2.05) is 60.7 Å². The highest BCUT2D eigenvalue weighted by Gasteiger charge is 2.21. The standard InChI is InChI=1S/C35H22N2O2/c1-3-11-23(12-4-1)35-36-30-22-31(26-15-7-8-17-29(26)34(30)39-35)37(24-13-5-2-6-14-24)25-19-20-28-27-16-9-10-18-32(27)38-33(28)21-25/h1-22H. The Bertz CT molecular complexity index is 2130. The Balaban J connectivity index is 1.40. The van der Waals surface area contributed by atoms with Gasteiger partial charge in [0.05, 0.1) is 5.69 Å². The number of anilines is 3. The number of benzene rings is 6. The molecule has 39 heavy (non-hydrogen) atoms. The first-order valence-corrected chi connectivity index (χ1v) is 13.0. The van der Waals surface area contributed by atoms with Crippen LogP contribution in [-0.4, -0.2) is 4.98 Å². The predicted octanol–water partition coefficient (Wildman–Crippen LogP) is 10.0. The van der Waals surface area contributed by atoms with Gasteiger partial charge in [0.1, 0.15) is 16.7 Å². The first kappa shape index (κ1) is 21.7. The quantitative estimate of drug-likeness (QED) is 0.240. The number of hydrogen-bond acceptors (Lipinski definition) is 4. The summed E-state index contributed by atoms with van der Waals surface area (Å²) in [4.78, 5) is 7.20. The largest absolute Gasteiger partial charge is 0.456 e. The van der Waals surface area contributed by atoms with Crippen molar-refractivity contribution in [1.82, 2.24) is 4.98 Å². The summed E-state index contributed by atoms with van der Waals surface area (Å²) in [6, 6.07) is 45.5.